The van der Waals surface area contributed by atoms with Gasteiger partial charge in [0.25, 0.3) is 0 Å². The Balaban J connectivity index is 1.21. The number of anilines is 1. The maximum absolute atomic E-state index is 11.9. The lowest BCUT2D eigenvalue weighted by atomic mass is 10.1. The third-order valence-electron chi connectivity index (χ3n) is 6.45. The molecule has 2 aromatic heterocycles. The summed E-state index contributed by atoms with van der Waals surface area (Å²) in [6, 6.07) is 9.01. The van der Waals surface area contributed by atoms with Gasteiger partial charge in [-0.25, -0.2) is 9.59 Å². The summed E-state index contributed by atoms with van der Waals surface area (Å²) in [5.74, 6) is 1.43. The lowest BCUT2D eigenvalue weighted by Crippen LogP contribution is -2.47. The first kappa shape index (κ1) is 22.3. The van der Waals surface area contributed by atoms with Gasteiger partial charge in [-0.3, -0.25) is 4.90 Å². The summed E-state index contributed by atoms with van der Waals surface area (Å²) in [5, 5.41) is 1.94. The van der Waals surface area contributed by atoms with Crippen molar-refractivity contribution >= 4 is 45.5 Å². The third-order valence-corrected chi connectivity index (χ3v) is 6.91. The van der Waals surface area contributed by atoms with Gasteiger partial charge in [-0.2, -0.15) is 0 Å². The normalized spacial score (nSPS) is 16.3. The van der Waals surface area contributed by atoms with E-state index in [9.17, 15) is 9.59 Å². The quantitative estimate of drug-likeness (QED) is 0.380. The van der Waals surface area contributed by atoms with Crippen LogP contribution in [0.2, 0.25) is 10.0 Å². The lowest BCUT2D eigenvalue weighted by molar-refractivity contribution is 0.171. The van der Waals surface area contributed by atoms with E-state index in [4.69, 9.17) is 41.6 Å². The second-order valence-corrected chi connectivity index (χ2v) is 9.41. The molecule has 9 nitrogen and oxygen atoms in total. The van der Waals surface area contributed by atoms with Gasteiger partial charge in [-0.05, 0) is 24.6 Å². The highest BCUT2D eigenvalue weighted by molar-refractivity contribution is 6.31. The maximum Gasteiger partial charge on any atom is 0.442 e. The van der Waals surface area contributed by atoms with Crippen molar-refractivity contribution in [1.29, 1.82) is 0 Å². The number of fused-ring (bicyclic) bond motifs is 4. The van der Waals surface area contributed by atoms with Gasteiger partial charge in [0.1, 0.15) is 13.2 Å². The predicted molar refractivity (Wildman–Crippen MR) is 132 cm³/mol. The van der Waals surface area contributed by atoms with Gasteiger partial charge >= 0.3 is 11.3 Å². The van der Waals surface area contributed by atoms with E-state index in [1.807, 2.05) is 12.1 Å². The van der Waals surface area contributed by atoms with Crippen LogP contribution in [0.3, 0.4) is 0 Å². The highest BCUT2D eigenvalue weighted by atomic mass is 35.5. The van der Waals surface area contributed by atoms with Crippen molar-refractivity contribution in [3.05, 3.63) is 66.8 Å². The number of benzene rings is 2. The summed E-state index contributed by atoms with van der Waals surface area (Å²) in [7, 11) is 0. The largest absolute Gasteiger partial charge is 0.486 e. The molecule has 4 aromatic rings. The van der Waals surface area contributed by atoms with E-state index in [0.29, 0.717) is 40.9 Å². The molecular formula is C24H21Cl2N3O6. The summed E-state index contributed by atoms with van der Waals surface area (Å²) >= 11 is 12.5. The van der Waals surface area contributed by atoms with Gasteiger partial charge in [0.2, 0.25) is 5.71 Å². The Morgan fingerprint density at radius 3 is 2.51 bits per heavy atom. The van der Waals surface area contributed by atoms with Gasteiger partial charge in [0.15, 0.2) is 11.5 Å². The second-order valence-electron chi connectivity index (χ2n) is 8.54. The van der Waals surface area contributed by atoms with E-state index in [-0.39, 0.29) is 5.71 Å². The van der Waals surface area contributed by atoms with E-state index in [1.54, 1.807) is 18.2 Å². The first-order valence-corrected chi connectivity index (χ1v) is 12.1. The number of hydrogen-bond acceptors (Lipinski definition) is 8. The van der Waals surface area contributed by atoms with Crippen LogP contribution >= 0.6 is 23.2 Å². The summed E-state index contributed by atoms with van der Waals surface area (Å²) in [6.45, 7) is 5.02. The van der Waals surface area contributed by atoms with Crippen molar-refractivity contribution in [3.63, 3.8) is 0 Å². The molecular weight excluding hydrogens is 497 g/mol. The van der Waals surface area contributed by atoms with E-state index in [2.05, 4.69) is 9.80 Å². The third kappa shape index (κ3) is 4.03. The molecule has 6 rings (SSSR count). The zero-order valence-corrected chi connectivity index (χ0v) is 20.1. The number of ether oxygens (including phenoxy) is 2. The van der Waals surface area contributed by atoms with Gasteiger partial charge in [0, 0.05) is 59.8 Å². The highest BCUT2D eigenvalue weighted by Gasteiger charge is 2.25. The van der Waals surface area contributed by atoms with Crippen LogP contribution in [0.15, 0.2) is 48.9 Å². The van der Waals surface area contributed by atoms with Crippen LogP contribution in [0.5, 0.6) is 11.5 Å². The van der Waals surface area contributed by atoms with Crippen LogP contribution in [-0.4, -0.2) is 55.4 Å². The number of hydrogen-bond donors (Lipinski definition) is 0. The molecule has 0 N–H and O–H groups in total. The Bertz CT molecular complexity index is 1550. The molecule has 0 saturated carbocycles. The van der Waals surface area contributed by atoms with Crippen molar-refractivity contribution in [3.8, 4) is 11.5 Å². The van der Waals surface area contributed by atoms with Gasteiger partial charge in [-0.15, -0.1) is 4.57 Å². The average molecular weight is 518 g/mol. The molecule has 0 atom stereocenters. The fourth-order valence-corrected chi connectivity index (χ4v) is 5.15. The first-order valence-electron chi connectivity index (χ1n) is 11.3. The standard InChI is InChI=1S/C24H21Cl2N3O6/c25-14-1-2-16-17(22-29(18(16)11-14)35-24(31)23(30)34-22)3-4-27-5-7-28(8-6-27)19-12-15(26)13-20-21(19)33-10-9-32-20/h1-2,11-13H,3-10H2. The van der Waals surface area contributed by atoms with E-state index in [1.165, 1.54) is 4.57 Å². The van der Waals surface area contributed by atoms with Crippen LogP contribution in [0.25, 0.3) is 16.6 Å². The van der Waals surface area contributed by atoms with Crippen LogP contribution in [-0.2, 0) is 6.42 Å². The summed E-state index contributed by atoms with van der Waals surface area (Å²) in [5.41, 5.74) is 0.473. The van der Waals surface area contributed by atoms with Crippen molar-refractivity contribution < 1.29 is 18.4 Å². The molecule has 35 heavy (non-hydrogen) atoms. The minimum atomic E-state index is -1.06. The lowest BCUT2D eigenvalue weighted by Gasteiger charge is -2.37. The number of aromatic nitrogens is 1. The van der Waals surface area contributed by atoms with Gasteiger partial charge in [-0.1, -0.05) is 29.3 Å². The molecule has 2 aromatic carbocycles. The fraction of sp³-hybridized carbons (Fsp3) is 0.333. The topological polar surface area (TPSA) is 89.8 Å². The number of nitrogens with zero attached hydrogens (tertiary/aromatic N) is 3. The smallest absolute Gasteiger partial charge is 0.442 e. The molecule has 0 spiro atoms. The average Bonchev–Trinajstić information content (AvgIpc) is 3.14. The van der Waals surface area contributed by atoms with Crippen LogP contribution in [0.4, 0.5) is 5.69 Å². The minimum Gasteiger partial charge on any atom is -0.486 e. The number of halogens is 2. The number of rotatable bonds is 4. The SMILES string of the molecule is O=c1oc2c(CCN3CCN(c4cc(Cl)cc5c4OCCO5)CC3)c3ccc(Cl)cc3n2oc1=O. The van der Waals surface area contributed by atoms with Crippen molar-refractivity contribution in [2.75, 3.05) is 50.8 Å². The highest BCUT2D eigenvalue weighted by Crippen LogP contribution is 2.42. The van der Waals surface area contributed by atoms with E-state index in [0.717, 1.165) is 55.1 Å². The number of piperazine rings is 1. The van der Waals surface area contributed by atoms with Gasteiger partial charge < -0.3 is 23.3 Å². The summed E-state index contributed by atoms with van der Waals surface area (Å²) < 4.78 is 23.4. The second kappa shape index (κ2) is 8.82. The molecule has 0 radical (unpaired) electrons. The van der Waals surface area contributed by atoms with Crippen molar-refractivity contribution in [2.45, 2.75) is 6.42 Å². The monoisotopic (exact) mass is 517 g/mol. The molecule has 2 aliphatic rings. The Hall–Kier alpha value is -3.14. The predicted octanol–water partition coefficient (Wildman–Crippen LogP) is 3.44. The van der Waals surface area contributed by atoms with E-state index >= 15 is 0 Å². The Kier molecular flexibility index (Phi) is 5.63. The zero-order chi connectivity index (χ0) is 24.1. The van der Waals surface area contributed by atoms with Crippen LogP contribution in [0, 0.1) is 0 Å². The molecule has 1 saturated heterocycles. The molecule has 4 heterocycles. The van der Waals surface area contributed by atoms with Crippen LogP contribution < -0.4 is 25.6 Å². The van der Waals surface area contributed by atoms with Gasteiger partial charge in [0.05, 0.1) is 11.2 Å². The molecule has 0 aliphatic carbocycles. The fourth-order valence-electron chi connectivity index (χ4n) is 4.78. The summed E-state index contributed by atoms with van der Waals surface area (Å²) in [4.78, 5) is 28.2. The molecule has 182 valence electrons. The summed E-state index contributed by atoms with van der Waals surface area (Å²) in [6.07, 6.45) is 0.606. The van der Waals surface area contributed by atoms with Crippen molar-refractivity contribution in [2.24, 2.45) is 0 Å². The minimum absolute atomic E-state index is 0.230. The van der Waals surface area contributed by atoms with Crippen LogP contribution in [0.1, 0.15) is 5.56 Å². The molecule has 1 fully saturated rings. The Morgan fingerprint density at radius 2 is 1.69 bits per heavy atom. The first-order chi connectivity index (χ1) is 17.0. The molecule has 11 heteroatoms. The maximum atomic E-state index is 11.9. The van der Waals surface area contributed by atoms with Crippen molar-refractivity contribution in [1.82, 2.24) is 9.47 Å². The molecule has 0 amide bonds. The molecule has 2 aliphatic heterocycles. The zero-order valence-electron chi connectivity index (χ0n) is 18.6. The molecule has 0 unspecified atom stereocenters. The Labute approximate surface area is 208 Å². The van der Waals surface area contributed by atoms with E-state index < -0.39 is 11.3 Å². The molecule has 0 bridgehead atoms. The Morgan fingerprint density at radius 1 is 0.886 bits per heavy atom.